The van der Waals surface area contributed by atoms with E-state index in [1.54, 1.807) is 17.7 Å². The summed E-state index contributed by atoms with van der Waals surface area (Å²) in [7, 11) is 0. The van der Waals surface area contributed by atoms with Gasteiger partial charge in [-0.2, -0.15) is 0 Å². The number of hydrogen-bond acceptors (Lipinski definition) is 4. The second-order valence-corrected chi connectivity index (χ2v) is 4.62. The van der Waals surface area contributed by atoms with Crippen LogP contribution in [0.15, 0.2) is 28.2 Å². The molecule has 1 N–H and O–H groups in total. The van der Waals surface area contributed by atoms with E-state index in [4.69, 9.17) is 4.42 Å². The van der Waals surface area contributed by atoms with Gasteiger partial charge in [-0.25, -0.2) is 4.98 Å². The monoisotopic (exact) mass is 234 g/mol. The van der Waals surface area contributed by atoms with Gasteiger partial charge in [-0.05, 0) is 25.0 Å². The number of carbonyl (C=O) groups excluding carboxylic acids is 1. The zero-order valence-corrected chi connectivity index (χ0v) is 9.29. The van der Waals surface area contributed by atoms with Gasteiger partial charge in [0.1, 0.15) is 5.69 Å². The first-order chi connectivity index (χ1) is 7.83. The van der Waals surface area contributed by atoms with E-state index in [-0.39, 0.29) is 5.91 Å². The molecule has 5 heteroatoms. The minimum Gasteiger partial charge on any atom is -0.462 e. The van der Waals surface area contributed by atoms with Crippen LogP contribution in [-0.4, -0.2) is 16.9 Å². The molecule has 2 aromatic heterocycles. The molecule has 2 aromatic rings. The van der Waals surface area contributed by atoms with Crippen molar-refractivity contribution >= 4 is 17.2 Å². The lowest BCUT2D eigenvalue weighted by Crippen LogP contribution is -2.25. The fourth-order valence-corrected chi connectivity index (χ4v) is 2.14. The molecule has 16 heavy (non-hydrogen) atoms. The van der Waals surface area contributed by atoms with Crippen molar-refractivity contribution in [1.29, 1.82) is 0 Å². The molecule has 3 rings (SSSR count). The van der Waals surface area contributed by atoms with E-state index in [1.807, 2.05) is 6.07 Å². The lowest BCUT2D eigenvalue weighted by atomic mass is 10.4. The summed E-state index contributed by atoms with van der Waals surface area (Å²) in [6.45, 7) is 0. The van der Waals surface area contributed by atoms with Crippen molar-refractivity contribution in [3.05, 3.63) is 29.5 Å². The van der Waals surface area contributed by atoms with E-state index in [9.17, 15) is 4.79 Å². The molecule has 0 aliphatic heterocycles. The van der Waals surface area contributed by atoms with Gasteiger partial charge >= 0.3 is 0 Å². The van der Waals surface area contributed by atoms with Crippen molar-refractivity contribution in [2.24, 2.45) is 0 Å². The number of amides is 1. The number of aromatic nitrogens is 1. The van der Waals surface area contributed by atoms with E-state index in [2.05, 4.69) is 10.3 Å². The molecule has 1 saturated carbocycles. The van der Waals surface area contributed by atoms with Gasteiger partial charge in [-0.15, -0.1) is 11.3 Å². The summed E-state index contributed by atoms with van der Waals surface area (Å²) < 4.78 is 5.22. The molecular formula is C11H10N2O2S. The van der Waals surface area contributed by atoms with Gasteiger partial charge < -0.3 is 9.73 Å². The minimum atomic E-state index is -0.0865. The second kappa shape index (κ2) is 3.75. The zero-order chi connectivity index (χ0) is 11.0. The zero-order valence-electron chi connectivity index (χ0n) is 8.47. The second-order valence-electron chi connectivity index (χ2n) is 3.76. The SMILES string of the molecule is O=C(NC1CC1)c1csc(-c2ccco2)n1. The van der Waals surface area contributed by atoms with Crippen molar-refractivity contribution in [2.75, 3.05) is 0 Å². The number of rotatable bonds is 3. The highest BCUT2D eigenvalue weighted by atomic mass is 32.1. The van der Waals surface area contributed by atoms with E-state index >= 15 is 0 Å². The third-order valence-corrected chi connectivity index (χ3v) is 3.24. The highest BCUT2D eigenvalue weighted by Crippen LogP contribution is 2.24. The molecule has 1 aliphatic carbocycles. The topological polar surface area (TPSA) is 55.1 Å². The molecule has 0 spiro atoms. The summed E-state index contributed by atoms with van der Waals surface area (Å²) in [4.78, 5) is 15.9. The third-order valence-electron chi connectivity index (χ3n) is 2.38. The molecule has 0 radical (unpaired) electrons. The van der Waals surface area contributed by atoms with Crippen LogP contribution < -0.4 is 5.32 Å². The fourth-order valence-electron chi connectivity index (χ4n) is 1.38. The van der Waals surface area contributed by atoms with Crippen LogP contribution in [0.2, 0.25) is 0 Å². The van der Waals surface area contributed by atoms with Gasteiger partial charge in [-0.1, -0.05) is 0 Å². The van der Waals surface area contributed by atoms with Crippen LogP contribution in [0.3, 0.4) is 0 Å². The Morgan fingerprint density at radius 1 is 1.56 bits per heavy atom. The maximum absolute atomic E-state index is 11.7. The molecule has 0 saturated heterocycles. The first-order valence-electron chi connectivity index (χ1n) is 5.13. The predicted octanol–water partition coefficient (Wildman–Crippen LogP) is 2.30. The Hall–Kier alpha value is -1.62. The van der Waals surface area contributed by atoms with Crippen LogP contribution in [0.4, 0.5) is 0 Å². The fraction of sp³-hybridized carbons (Fsp3) is 0.273. The predicted molar refractivity (Wildman–Crippen MR) is 60.3 cm³/mol. The summed E-state index contributed by atoms with van der Waals surface area (Å²) in [5.74, 6) is 0.618. The van der Waals surface area contributed by atoms with Gasteiger partial charge in [0.15, 0.2) is 10.8 Å². The number of hydrogen-bond donors (Lipinski definition) is 1. The van der Waals surface area contributed by atoms with E-state index in [0.29, 0.717) is 17.5 Å². The van der Waals surface area contributed by atoms with Gasteiger partial charge in [0.05, 0.1) is 6.26 Å². The average molecular weight is 234 g/mol. The van der Waals surface area contributed by atoms with E-state index in [1.165, 1.54) is 11.3 Å². The summed E-state index contributed by atoms with van der Waals surface area (Å²) in [5, 5.41) is 5.40. The number of nitrogens with zero attached hydrogens (tertiary/aromatic N) is 1. The van der Waals surface area contributed by atoms with Crippen LogP contribution >= 0.6 is 11.3 Å². The molecule has 1 fully saturated rings. The smallest absolute Gasteiger partial charge is 0.270 e. The standard InChI is InChI=1S/C11H10N2O2S/c14-10(12-7-3-4-7)8-6-16-11(13-8)9-2-1-5-15-9/h1-2,5-7H,3-4H2,(H,12,14). The summed E-state index contributed by atoms with van der Waals surface area (Å²) in [6, 6.07) is 4.00. The molecule has 1 amide bonds. The lowest BCUT2D eigenvalue weighted by Gasteiger charge is -1.97. The number of thiazole rings is 1. The Morgan fingerprint density at radius 2 is 2.44 bits per heavy atom. The molecular weight excluding hydrogens is 224 g/mol. The maximum atomic E-state index is 11.7. The molecule has 1 aliphatic rings. The number of nitrogens with one attached hydrogen (secondary N) is 1. The van der Waals surface area contributed by atoms with Crippen molar-refractivity contribution < 1.29 is 9.21 Å². The van der Waals surface area contributed by atoms with Gasteiger partial charge in [0, 0.05) is 11.4 Å². The first kappa shape index (κ1) is 9.59. The number of carbonyl (C=O) groups is 1. The molecule has 0 unspecified atom stereocenters. The van der Waals surface area contributed by atoms with Crippen molar-refractivity contribution in [1.82, 2.24) is 10.3 Å². The van der Waals surface area contributed by atoms with Gasteiger partial charge in [0.2, 0.25) is 0 Å². The van der Waals surface area contributed by atoms with Crippen molar-refractivity contribution in [2.45, 2.75) is 18.9 Å². The molecule has 0 atom stereocenters. The Balaban J connectivity index is 1.79. The molecule has 82 valence electrons. The van der Waals surface area contributed by atoms with Gasteiger partial charge in [-0.3, -0.25) is 4.79 Å². The quantitative estimate of drug-likeness (QED) is 0.886. The Bertz CT molecular complexity index is 500. The molecule has 0 aromatic carbocycles. The largest absolute Gasteiger partial charge is 0.462 e. The minimum absolute atomic E-state index is 0.0865. The normalized spacial score (nSPS) is 15.0. The van der Waals surface area contributed by atoms with Gasteiger partial charge in [0.25, 0.3) is 5.91 Å². The third kappa shape index (κ3) is 1.86. The summed E-state index contributed by atoms with van der Waals surface area (Å²) in [5.41, 5.74) is 0.475. The van der Waals surface area contributed by atoms with E-state index in [0.717, 1.165) is 17.8 Å². The Morgan fingerprint density at radius 3 is 3.12 bits per heavy atom. The first-order valence-corrected chi connectivity index (χ1v) is 6.01. The average Bonchev–Trinajstić information content (AvgIpc) is 2.84. The van der Waals surface area contributed by atoms with Crippen LogP contribution in [0.1, 0.15) is 23.3 Å². The van der Waals surface area contributed by atoms with Crippen LogP contribution in [0.5, 0.6) is 0 Å². The molecule has 4 nitrogen and oxygen atoms in total. The highest BCUT2D eigenvalue weighted by molar-refractivity contribution is 7.13. The lowest BCUT2D eigenvalue weighted by molar-refractivity contribution is 0.0947. The summed E-state index contributed by atoms with van der Waals surface area (Å²) in [6.07, 6.45) is 3.77. The number of furan rings is 1. The highest BCUT2D eigenvalue weighted by Gasteiger charge is 2.25. The Kier molecular flexibility index (Phi) is 2.25. The van der Waals surface area contributed by atoms with Crippen molar-refractivity contribution in [3.63, 3.8) is 0 Å². The molecule has 0 bridgehead atoms. The van der Waals surface area contributed by atoms with Crippen LogP contribution in [-0.2, 0) is 0 Å². The molecule has 2 heterocycles. The maximum Gasteiger partial charge on any atom is 0.270 e. The Labute approximate surface area is 96.3 Å². The summed E-state index contributed by atoms with van der Waals surface area (Å²) >= 11 is 1.42. The van der Waals surface area contributed by atoms with Crippen LogP contribution in [0, 0.1) is 0 Å². The van der Waals surface area contributed by atoms with Crippen LogP contribution in [0.25, 0.3) is 10.8 Å². The van der Waals surface area contributed by atoms with Crippen molar-refractivity contribution in [3.8, 4) is 10.8 Å². The van der Waals surface area contributed by atoms with E-state index < -0.39 is 0 Å².